The molecule has 0 N–H and O–H groups in total. The first kappa shape index (κ1) is 14.5. The summed E-state index contributed by atoms with van der Waals surface area (Å²) in [6, 6.07) is 12.8. The third-order valence-electron chi connectivity index (χ3n) is 3.19. The van der Waals surface area contributed by atoms with Crippen LogP contribution in [0.1, 0.15) is 5.56 Å². The minimum atomic E-state index is -0.505. The number of pyridine rings is 3. The maximum Gasteiger partial charge on any atom is 0.235 e. The maximum atomic E-state index is 10.6. The van der Waals surface area contributed by atoms with Gasteiger partial charge in [-0.1, -0.05) is 12.1 Å². The summed E-state index contributed by atoms with van der Waals surface area (Å²) in [4.78, 5) is 23.2. The highest BCUT2D eigenvalue weighted by atomic mass is 16.6. The molecule has 23 heavy (non-hydrogen) atoms. The van der Waals surface area contributed by atoms with Crippen molar-refractivity contribution < 1.29 is 4.92 Å². The average molecular weight is 304 g/mol. The van der Waals surface area contributed by atoms with Gasteiger partial charge in [-0.05, 0) is 30.3 Å². The van der Waals surface area contributed by atoms with Crippen LogP contribution >= 0.6 is 0 Å². The van der Waals surface area contributed by atoms with Gasteiger partial charge in [-0.2, -0.15) is 0 Å². The van der Waals surface area contributed by atoms with Gasteiger partial charge < -0.3 is 0 Å². The van der Waals surface area contributed by atoms with Gasteiger partial charge in [0.1, 0.15) is 0 Å². The molecule has 0 aliphatic carbocycles. The quantitative estimate of drug-likeness (QED) is 0.544. The lowest BCUT2D eigenvalue weighted by atomic mass is 10.0. The minimum absolute atomic E-state index is 0.505. The Hall–Kier alpha value is -3.41. The summed E-state index contributed by atoms with van der Waals surface area (Å²) in [5, 5.41) is 10.6. The van der Waals surface area contributed by atoms with Crippen molar-refractivity contribution in [2.45, 2.75) is 0 Å². The van der Waals surface area contributed by atoms with Gasteiger partial charge in [0.25, 0.3) is 0 Å². The molecule has 0 saturated carbocycles. The SMILES string of the molecule is O=[N+]([O-])C=Cc1cccnc1-c1ncccc1-c1ccccn1. The van der Waals surface area contributed by atoms with Gasteiger partial charge in [0.2, 0.25) is 6.20 Å². The topological polar surface area (TPSA) is 81.8 Å². The molecule has 0 atom stereocenters. The smallest absolute Gasteiger partial charge is 0.235 e. The van der Waals surface area contributed by atoms with Crippen molar-refractivity contribution >= 4 is 6.08 Å². The molecule has 0 spiro atoms. The Morgan fingerprint density at radius 1 is 0.870 bits per heavy atom. The van der Waals surface area contributed by atoms with Gasteiger partial charge in [0.05, 0.1) is 22.0 Å². The van der Waals surface area contributed by atoms with Crippen molar-refractivity contribution in [2.24, 2.45) is 0 Å². The Bertz CT molecular complexity index is 863. The molecule has 0 fully saturated rings. The summed E-state index contributed by atoms with van der Waals surface area (Å²) >= 11 is 0. The summed E-state index contributed by atoms with van der Waals surface area (Å²) in [5.41, 5.74) is 3.43. The molecule has 0 amide bonds. The summed E-state index contributed by atoms with van der Waals surface area (Å²) in [5.74, 6) is 0. The van der Waals surface area contributed by atoms with E-state index in [0.717, 1.165) is 17.5 Å². The van der Waals surface area contributed by atoms with Crippen molar-refractivity contribution in [3.05, 3.63) is 82.9 Å². The van der Waals surface area contributed by atoms with E-state index in [4.69, 9.17) is 0 Å². The Kier molecular flexibility index (Phi) is 4.15. The second kappa shape index (κ2) is 6.57. The molecular weight excluding hydrogens is 292 g/mol. The molecule has 6 nitrogen and oxygen atoms in total. The Morgan fingerprint density at radius 3 is 2.35 bits per heavy atom. The van der Waals surface area contributed by atoms with Crippen molar-refractivity contribution in [1.82, 2.24) is 15.0 Å². The van der Waals surface area contributed by atoms with Crippen LogP contribution in [0.15, 0.2) is 67.3 Å². The number of hydrogen-bond acceptors (Lipinski definition) is 5. The van der Waals surface area contributed by atoms with Gasteiger partial charge in [0, 0.05) is 35.8 Å². The van der Waals surface area contributed by atoms with Crippen molar-refractivity contribution in [2.75, 3.05) is 0 Å². The van der Waals surface area contributed by atoms with Crippen molar-refractivity contribution in [3.63, 3.8) is 0 Å². The van der Waals surface area contributed by atoms with E-state index in [1.165, 1.54) is 6.08 Å². The van der Waals surface area contributed by atoms with Gasteiger partial charge >= 0.3 is 0 Å². The van der Waals surface area contributed by atoms with E-state index in [1.54, 1.807) is 30.7 Å². The molecule has 0 bridgehead atoms. The standard InChI is InChI=1S/C17H12N4O2/c22-21(23)12-8-13-5-3-10-19-16(13)17-14(6-4-11-20-17)15-7-1-2-9-18-15/h1-12H. The maximum absolute atomic E-state index is 10.6. The number of hydrogen-bond donors (Lipinski definition) is 0. The monoisotopic (exact) mass is 304 g/mol. The first-order chi connectivity index (χ1) is 11.3. The van der Waals surface area contributed by atoms with Crippen LogP contribution in [0.5, 0.6) is 0 Å². The molecule has 0 radical (unpaired) electrons. The summed E-state index contributed by atoms with van der Waals surface area (Å²) < 4.78 is 0. The number of nitrogens with zero attached hydrogens (tertiary/aromatic N) is 4. The second-order valence-electron chi connectivity index (χ2n) is 4.66. The van der Waals surface area contributed by atoms with Gasteiger partial charge in [0.15, 0.2) is 0 Å². The van der Waals surface area contributed by atoms with Crippen molar-refractivity contribution in [1.29, 1.82) is 0 Å². The van der Waals surface area contributed by atoms with Crippen molar-refractivity contribution in [3.8, 4) is 22.6 Å². The number of nitro groups is 1. The minimum Gasteiger partial charge on any atom is -0.259 e. The van der Waals surface area contributed by atoms with Crippen LogP contribution in [0, 0.1) is 10.1 Å². The molecule has 0 aliphatic heterocycles. The lowest BCUT2D eigenvalue weighted by Crippen LogP contribution is -1.95. The lowest BCUT2D eigenvalue weighted by Gasteiger charge is -2.09. The highest BCUT2D eigenvalue weighted by molar-refractivity contribution is 5.81. The molecule has 0 saturated heterocycles. The molecule has 112 valence electrons. The van der Waals surface area contributed by atoms with E-state index < -0.39 is 4.92 Å². The van der Waals surface area contributed by atoms with E-state index in [9.17, 15) is 10.1 Å². The Morgan fingerprint density at radius 2 is 1.61 bits per heavy atom. The van der Waals surface area contributed by atoms with Crippen LogP contribution in [0.2, 0.25) is 0 Å². The Labute approximate surface area is 132 Å². The number of aromatic nitrogens is 3. The summed E-state index contributed by atoms with van der Waals surface area (Å²) in [6.45, 7) is 0. The average Bonchev–Trinajstić information content (AvgIpc) is 2.61. The van der Waals surface area contributed by atoms with Gasteiger partial charge in [-0.15, -0.1) is 0 Å². The zero-order chi connectivity index (χ0) is 16.1. The lowest BCUT2D eigenvalue weighted by molar-refractivity contribution is -0.400. The van der Waals surface area contributed by atoms with Crippen LogP contribution in [-0.2, 0) is 0 Å². The highest BCUT2D eigenvalue weighted by Crippen LogP contribution is 2.29. The zero-order valence-electron chi connectivity index (χ0n) is 12.0. The fraction of sp³-hybridized carbons (Fsp3) is 0. The predicted molar refractivity (Wildman–Crippen MR) is 86.7 cm³/mol. The summed E-state index contributed by atoms with van der Waals surface area (Å²) in [6.07, 6.45) is 7.31. The molecule has 0 aromatic carbocycles. The molecule has 3 aromatic rings. The van der Waals surface area contributed by atoms with Crippen LogP contribution in [0.3, 0.4) is 0 Å². The molecule has 0 aliphatic rings. The van der Waals surface area contributed by atoms with E-state index in [2.05, 4.69) is 15.0 Å². The molecule has 3 aromatic heterocycles. The predicted octanol–water partition coefficient (Wildman–Crippen LogP) is 3.45. The van der Waals surface area contributed by atoms with Gasteiger partial charge in [-0.25, -0.2) is 0 Å². The Balaban J connectivity index is 2.16. The first-order valence-corrected chi connectivity index (χ1v) is 6.89. The number of rotatable bonds is 4. The highest BCUT2D eigenvalue weighted by Gasteiger charge is 2.13. The third kappa shape index (κ3) is 3.26. The fourth-order valence-corrected chi connectivity index (χ4v) is 2.21. The zero-order valence-corrected chi connectivity index (χ0v) is 12.0. The molecule has 6 heteroatoms. The van der Waals surface area contributed by atoms with E-state index in [-0.39, 0.29) is 0 Å². The molecule has 0 unspecified atom stereocenters. The van der Waals surface area contributed by atoms with Crippen LogP contribution in [-0.4, -0.2) is 19.9 Å². The largest absolute Gasteiger partial charge is 0.259 e. The van der Waals surface area contributed by atoms with Crippen LogP contribution in [0.25, 0.3) is 28.7 Å². The molecule has 3 rings (SSSR count). The normalized spacial score (nSPS) is 10.8. The van der Waals surface area contributed by atoms with Crippen LogP contribution < -0.4 is 0 Å². The second-order valence-corrected chi connectivity index (χ2v) is 4.66. The van der Waals surface area contributed by atoms with E-state index in [1.807, 2.05) is 30.3 Å². The molecular formula is C17H12N4O2. The molecule has 3 heterocycles. The summed E-state index contributed by atoms with van der Waals surface area (Å²) in [7, 11) is 0. The van der Waals surface area contributed by atoms with E-state index in [0.29, 0.717) is 17.0 Å². The van der Waals surface area contributed by atoms with Gasteiger partial charge in [-0.3, -0.25) is 25.1 Å². The van der Waals surface area contributed by atoms with E-state index >= 15 is 0 Å². The third-order valence-corrected chi connectivity index (χ3v) is 3.19. The van der Waals surface area contributed by atoms with Crippen LogP contribution in [0.4, 0.5) is 0 Å². The first-order valence-electron chi connectivity index (χ1n) is 6.89. The fourth-order valence-electron chi connectivity index (χ4n) is 2.21.